The summed E-state index contributed by atoms with van der Waals surface area (Å²) in [7, 11) is 0. The van der Waals surface area contributed by atoms with Crippen LogP contribution in [0.25, 0.3) is 0 Å². The Kier molecular flexibility index (Phi) is 7.44. The molecule has 0 bridgehead atoms. The Morgan fingerprint density at radius 1 is 1.31 bits per heavy atom. The SMILES string of the molecule is CC(=O)N[C@H]1C(C(O)C(O)COC(=O)[C@H](C)O)O[C@](O)(C(=O)O)C[C@H]1O. The highest BCUT2D eigenvalue weighted by molar-refractivity contribution is 5.76. The molecule has 0 radical (unpaired) electrons. The van der Waals surface area contributed by atoms with Crippen molar-refractivity contribution in [2.45, 2.75) is 62.6 Å². The molecule has 7 atom stereocenters. The average Bonchev–Trinajstić information content (AvgIpc) is 2.53. The number of aliphatic carboxylic acids is 1. The van der Waals surface area contributed by atoms with E-state index in [0.717, 1.165) is 13.8 Å². The number of esters is 1. The highest BCUT2D eigenvalue weighted by Crippen LogP contribution is 2.30. The lowest BCUT2D eigenvalue weighted by atomic mass is 9.88. The lowest BCUT2D eigenvalue weighted by Crippen LogP contribution is -2.67. The van der Waals surface area contributed by atoms with Gasteiger partial charge in [0, 0.05) is 13.3 Å². The van der Waals surface area contributed by atoms with Crippen molar-refractivity contribution in [2.75, 3.05) is 6.61 Å². The molecule has 0 aromatic heterocycles. The van der Waals surface area contributed by atoms with Crippen LogP contribution in [0, 0.1) is 0 Å². The molecule has 12 heteroatoms. The van der Waals surface area contributed by atoms with Gasteiger partial charge < -0.3 is 45.4 Å². The second-order valence-corrected chi connectivity index (χ2v) is 6.03. The van der Waals surface area contributed by atoms with E-state index >= 15 is 0 Å². The molecule has 1 saturated heterocycles. The van der Waals surface area contributed by atoms with Gasteiger partial charge in [-0.15, -0.1) is 0 Å². The zero-order valence-corrected chi connectivity index (χ0v) is 14.1. The molecule has 0 spiro atoms. The third kappa shape index (κ3) is 5.33. The second-order valence-electron chi connectivity index (χ2n) is 6.03. The van der Waals surface area contributed by atoms with E-state index in [1.165, 1.54) is 0 Å². The summed E-state index contributed by atoms with van der Waals surface area (Å²) in [4.78, 5) is 33.6. The van der Waals surface area contributed by atoms with Crippen LogP contribution in [-0.2, 0) is 23.9 Å². The number of nitrogens with one attached hydrogen (secondary N) is 1. The van der Waals surface area contributed by atoms with Gasteiger partial charge in [-0.05, 0) is 6.92 Å². The fourth-order valence-electron chi connectivity index (χ4n) is 2.41. The number of hydrogen-bond donors (Lipinski definition) is 7. The Morgan fingerprint density at radius 3 is 2.35 bits per heavy atom. The van der Waals surface area contributed by atoms with Crippen LogP contribution in [0.5, 0.6) is 0 Å². The van der Waals surface area contributed by atoms with E-state index in [9.17, 15) is 34.8 Å². The Balaban J connectivity index is 2.97. The fraction of sp³-hybridized carbons (Fsp3) is 0.786. The molecule has 0 aromatic carbocycles. The molecule has 1 fully saturated rings. The van der Waals surface area contributed by atoms with Crippen molar-refractivity contribution < 1.29 is 54.5 Å². The van der Waals surface area contributed by atoms with Gasteiger partial charge in [0.25, 0.3) is 5.79 Å². The molecule has 26 heavy (non-hydrogen) atoms. The molecule has 1 aliphatic heterocycles. The lowest BCUT2D eigenvalue weighted by Gasteiger charge is -2.44. The first kappa shape index (κ1) is 22.2. The molecule has 0 aliphatic carbocycles. The summed E-state index contributed by atoms with van der Waals surface area (Å²) in [5.74, 6) is -6.44. The van der Waals surface area contributed by atoms with Gasteiger partial charge in [-0.25, -0.2) is 9.59 Å². The highest BCUT2D eigenvalue weighted by atomic mass is 16.7. The van der Waals surface area contributed by atoms with Crippen molar-refractivity contribution in [1.29, 1.82) is 0 Å². The third-order valence-corrected chi connectivity index (χ3v) is 3.76. The van der Waals surface area contributed by atoms with Gasteiger partial charge >= 0.3 is 11.9 Å². The van der Waals surface area contributed by atoms with Gasteiger partial charge in [-0.1, -0.05) is 0 Å². The fourth-order valence-corrected chi connectivity index (χ4v) is 2.41. The smallest absolute Gasteiger partial charge is 0.364 e. The Labute approximate surface area is 148 Å². The number of aliphatic hydroxyl groups excluding tert-OH is 4. The molecule has 7 N–H and O–H groups in total. The number of rotatable bonds is 7. The first-order valence-corrected chi connectivity index (χ1v) is 7.68. The summed E-state index contributed by atoms with van der Waals surface area (Å²) >= 11 is 0. The molecule has 1 heterocycles. The van der Waals surface area contributed by atoms with Crippen molar-refractivity contribution in [2.24, 2.45) is 0 Å². The standard InChI is InChI=1S/C14H23NO11/c1-5(16)12(21)25-4-8(19)10(20)11-9(15-6(2)17)7(18)3-14(24,26-11)13(22)23/h5,7-11,16,18-20,24H,3-4H2,1-2H3,(H,15,17)(H,22,23)/t5-,7+,8?,9+,10?,11?,14-/m0/s1. The molecule has 150 valence electrons. The summed E-state index contributed by atoms with van der Waals surface area (Å²) < 4.78 is 9.47. The van der Waals surface area contributed by atoms with E-state index in [-0.39, 0.29) is 0 Å². The summed E-state index contributed by atoms with van der Waals surface area (Å²) in [6.45, 7) is 1.42. The van der Waals surface area contributed by atoms with Crippen LogP contribution in [0.3, 0.4) is 0 Å². The molecule has 0 saturated carbocycles. The molecule has 1 rings (SSSR count). The number of amides is 1. The summed E-state index contributed by atoms with van der Waals surface area (Å²) in [6.07, 6.45) is -9.44. The predicted molar refractivity (Wildman–Crippen MR) is 80.3 cm³/mol. The van der Waals surface area contributed by atoms with E-state index < -0.39 is 73.2 Å². The monoisotopic (exact) mass is 381 g/mol. The van der Waals surface area contributed by atoms with E-state index in [4.69, 9.17) is 14.9 Å². The minimum absolute atomic E-state index is 0.648. The molecular formula is C14H23NO11. The van der Waals surface area contributed by atoms with Gasteiger partial charge in [0.05, 0.1) is 12.1 Å². The first-order valence-electron chi connectivity index (χ1n) is 7.68. The third-order valence-electron chi connectivity index (χ3n) is 3.76. The number of hydrogen-bond acceptors (Lipinski definition) is 10. The number of carboxylic acid groups (broad SMARTS) is 1. The Morgan fingerprint density at radius 2 is 1.88 bits per heavy atom. The maximum Gasteiger partial charge on any atom is 0.364 e. The second kappa shape index (κ2) is 8.70. The number of aliphatic hydroxyl groups is 5. The van der Waals surface area contributed by atoms with Crippen molar-refractivity contribution in [3.8, 4) is 0 Å². The summed E-state index contributed by atoms with van der Waals surface area (Å²) in [5, 5.41) is 60.5. The Hall–Kier alpha value is -1.83. The van der Waals surface area contributed by atoms with E-state index in [2.05, 4.69) is 10.1 Å². The molecular weight excluding hydrogens is 358 g/mol. The van der Waals surface area contributed by atoms with Crippen LogP contribution in [0.15, 0.2) is 0 Å². The predicted octanol–water partition coefficient (Wildman–Crippen LogP) is -3.94. The number of ether oxygens (including phenoxy) is 2. The van der Waals surface area contributed by atoms with Crippen LogP contribution >= 0.6 is 0 Å². The lowest BCUT2D eigenvalue weighted by molar-refractivity contribution is -0.295. The Bertz CT molecular complexity index is 539. The van der Waals surface area contributed by atoms with Crippen molar-refractivity contribution >= 4 is 17.8 Å². The van der Waals surface area contributed by atoms with Crippen LogP contribution in [0.4, 0.5) is 0 Å². The molecule has 12 nitrogen and oxygen atoms in total. The average molecular weight is 381 g/mol. The number of carbonyl (C=O) groups excluding carboxylic acids is 2. The van der Waals surface area contributed by atoms with E-state index in [0.29, 0.717) is 0 Å². The van der Waals surface area contributed by atoms with Crippen molar-refractivity contribution in [3.05, 3.63) is 0 Å². The van der Waals surface area contributed by atoms with Crippen LogP contribution in [0.1, 0.15) is 20.3 Å². The van der Waals surface area contributed by atoms with Gasteiger partial charge in [-0.2, -0.15) is 0 Å². The maximum atomic E-state index is 11.3. The quantitative estimate of drug-likeness (QED) is 0.212. The minimum Gasteiger partial charge on any atom is -0.477 e. The number of carbonyl (C=O) groups is 3. The minimum atomic E-state index is -2.87. The zero-order chi connectivity index (χ0) is 20.2. The molecule has 1 aliphatic rings. The van der Waals surface area contributed by atoms with Crippen LogP contribution in [-0.4, -0.2) is 97.4 Å². The van der Waals surface area contributed by atoms with Gasteiger partial charge in [0.1, 0.15) is 31.0 Å². The van der Waals surface area contributed by atoms with Gasteiger partial charge in [0.15, 0.2) is 0 Å². The van der Waals surface area contributed by atoms with Crippen molar-refractivity contribution in [1.82, 2.24) is 5.32 Å². The summed E-state index contributed by atoms with van der Waals surface area (Å²) in [6, 6.07) is -1.36. The largest absolute Gasteiger partial charge is 0.477 e. The topological polar surface area (TPSA) is 203 Å². The first-order chi connectivity index (χ1) is 11.9. The van der Waals surface area contributed by atoms with Crippen LogP contribution < -0.4 is 5.32 Å². The highest BCUT2D eigenvalue weighted by Gasteiger charge is 2.54. The number of carboxylic acids is 1. The van der Waals surface area contributed by atoms with E-state index in [1.807, 2.05) is 0 Å². The van der Waals surface area contributed by atoms with Crippen molar-refractivity contribution in [3.63, 3.8) is 0 Å². The zero-order valence-electron chi connectivity index (χ0n) is 14.1. The van der Waals surface area contributed by atoms with E-state index in [1.54, 1.807) is 0 Å². The molecule has 3 unspecified atom stereocenters. The molecule has 1 amide bonds. The maximum absolute atomic E-state index is 11.3. The molecule has 0 aromatic rings. The van der Waals surface area contributed by atoms with Gasteiger partial charge in [-0.3, -0.25) is 4.79 Å². The summed E-state index contributed by atoms with van der Waals surface area (Å²) in [5.41, 5.74) is 0. The van der Waals surface area contributed by atoms with Gasteiger partial charge in [0.2, 0.25) is 5.91 Å². The normalized spacial score (nSPS) is 32.2. The van der Waals surface area contributed by atoms with Crippen LogP contribution in [0.2, 0.25) is 0 Å².